The molecule has 0 aromatic heterocycles. The van der Waals surface area contributed by atoms with Gasteiger partial charge in [0.05, 0.1) is 11.5 Å². The number of nitrogens with one attached hydrogen (secondary N) is 1. The molecule has 1 saturated carbocycles. The number of hydrogen-bond donors (Lipinski definition) is 2. The highest BCUT2D eigenvalue weighted by Crippen LogP contribution is 2.31. The van der Waals surface area contributed by atoms with E-state index in [0.29, 0.717) is 19.1 Å². The third-order valence-corrected chi connectivity index (χ3v) is 4.83. The van der Waals surface area contributed by atoms with E-state index in [0.717, 1.165) is 24.9 Å². The molecule has 0 amide bonds. The van der Waals surface area contributed by atoms with Gasteiger partial charge in [-0.05, 0) is 43.5 Å². The SMILES string of the molecule is CCCNS(=O)(=O)c1ccc(N(CCO)C2CC2)cc1. The zero-order valence-corrected chi connectivity index (χ0v) is 12.6. The van der Waals surface area contributed by atoms with Crippen molar-refractivity contribution >= 4 is 15.7 Å². The Hall–Kier alpha value is -1.11. The van der Waals surface area contributed by atoms with Crippen molar-refractivity contribution in [1.82, 2.24) is 4.72 Å². The van der Waals surface area contributed by atoms with E-state index in [4.69, 9.17) is 5.11 Å². The van der Waals surface area contributed by atoms with Crippen LogP contribution in [0, 0.1) is 0 Å². The summed E-state index contributed by atoms with van der Waals surface area (Å²) in [5.41, 5.74) is 0.969. The van der Waals surface area contributed by atoms with E-state index < -0.39 is 10.0 Å². The molecule has 20 heavy (non-hydrogen) atoms. The third kappa shape index (κ3) is 3.71. The Morgan fingerprint density at radius 2 is 1.95 bits per heavy atom. The second-order valence-electron chi connectivity index (χ2n) is 5.04. The number of aliphatic hydroxyl groups is 1. The van der Waals surface area contributed by atoms with Gasteiger partial charge in [-0.3, -0.25) is 0 Å². The Bertz CT molecular complexity index is 524. The summed E-state index contributed by atoms with van der Waals surface area (Å²) in [5, 5.41) is 9.11. The van der Waals surface area contributed by atoms with Crippen molar-refractivity contribution < 1.29 is 13.5 Å². The number of hydrogen-bond acceptors (Lipinski definition) is 4. The lowest BCUT2D eigenvalue weighted by Crippen LogP contribution is -2.29. The topological polar surface area (TPSA) is 69.6 Å². The van der Waals surface area contributed by atoms with Gasteiger partial charge in [-0.1, -0.05) is 6.92 Å². The number of benzene rings is 1. The van der Waals surface area contributed by atoms with Crippen molar-refractivity contribution in [3.05, 3.63) is 24.3 Å². The van der Waals surface area contributed by atoms with Gasteiger partial charge >= 0.3 is 0 Å². The van der Waals surface area contributed by atoms with Crippen LogP contribution in [-0.4, -0.2) is 39.3 Å². The lowest BCUT2D eigenvalue weighted by Gasteiger charge is -2.23. The van der Waals surface area contributed by atoms with Crippen molar-refractivity contribution in [3.63, 3.8) is 0 Å². The number of sulfonamides is 1. The first-order valence-corrected chi connectivity index (χ1v) is 8.54. The number of aliphatic hydroxyl groups excluding tert-OH is 1. The van der Waals surface area contributed by atoms with E-state index in [2.05, 4.69) is 9.62 Å². The molecule has 6 heteroatoms. The fourth-order valence-corrected chi connectivity index (χ4v) is 3.29. The van der Waals surface area contributed by atoms with Crippen LogP contribution in [0.2, 0.25) is 0 Å². The molecule has 0 saturated heterocycles. The molecular weight excluding hydrogens is 276 g/mol. The first-order chi connectivity index (χ1) is 9.58. The molecule has 112 valence electrons. The van der Waals surface area contributed by atoms with Crippen LogP contribution in [0.1, 0.15) is 26.2 Å². The first-order valence-electron chi connectivity index (χ1n) is 7.05. The molecule has 0 aliphatic heterocycles. The highest BCUT2D eigenvalue weighted by molar-refractivity contribution is 7.89. The number of nitrogens with zero attached hydrogens (tertiary/aromatic N) is 1. The molecule has 0 bridgehead atoms. The maximum atomic E-state index is 12.0. The molecule has 0 unspecified atom stereocenters. The Kier molecular flexibility index (Phi) is 5.01. The maximum Gasteiger partial charge on any atom is 0.240 e. The van der Waals surface area contributed by atoms with Gasteiger partial charge in [0.25, 0.3) is 0 Å². The van der Waals surface area contributed by atoms with Crippen LogP contribution < -0.4 is 9.62 Å². The van der Waals surface area contributed by atoms with Crippen molar-refractivity contribution in [3.8, 4) is 0 Å². The maximum absolute atomic E-state index is 12.0. The Balaban J connectivity index is 2.12. The Labute approximate surface area is 120 Å². The average molecular weight is 298 g/mol. The van der Waals surface area contributed by atoms with Crippen LogP contribution in [0.3, 0.4) is 0 Å². The van der Waals surface area contributed by atoms with Gasteiger partial charge < -0.3 is 10.0 Å². The molecule has 1 aromatic carbocycles. The van der Waals surface area contributed by atoms with Gasteiger partial charge in [0.15, 0.2) is 0 Å². The molecule has 0 radical (unpaired) electrons. The van der Waals surface area contributed by atoms with Crippen molar-refractivity contribution in [2.24, 2.45) is 0 Å². The lowest BCUT2D eigenvalue weighted by atomic mass is 10.3. The van der Waals surface area contributed by atoms with Crippen LogP contribution >= 0.6 is 0 Å². The Morgan fingerprint density at radius 3 is 2.45 bits per heavy atom. The minimum atomic E-state index is -3.40. The van der Waals surface area contributed by atoms with E-state index in [1.807, 2.05) is 19.1 Å². The second kappa shape index (κ2) is 6.56. The highest BCUT2D eigenvalue weighted by Gasteiger charge is 2.28. The summed E-state index contributed by atoms with van der Waals surface area (Å²) < 4.78 is 26.5. The quantitative estimate of drug-likeness (QED) is 0.760. The smallest absolute Gasteiger partial charge is 0.240 e. The summed E-state index contributed by atoms with van der Waals surface area (Å²) in [5.74, 6) is 0. The van der Waals surface area contributed by atoms with Crippen molar-refractivity contribution in [2.75, 3.05) is 24.6 Å². The van der Waals surface area contributed by atoms with Gasteiger partial charge in [-0.15, -0.1) is 0 Å². The minimum Gasteiger partial charge on any atom is -0.395 e. The van der Waals surface area contributed by atoms with Crippen LogP contribution in [0.5, 0.6) is 0 Å². The molecule has 1 aliphatic carbocycles. The molecule has 1 aromatic rings. The first kappa shape index (κ1) is 15.3. The number of anilines is 1. The zero-order valence-electron chi connectivity index (χ0n) is 11.7. The lowest BCUT2D eigenvalue weighted by molar-refractivity contribution is 0.301. The molecule has 1 aliphatic rings. The standard InChI is InChI=1S/C14H22N2O3S/c1-2-9-15-20(18,19)14-7-5-13(6-8-14)16(10-11-17)12-3-4-12/h5-8,12,15,17H,2-4,9-11H2,1H3. The molecule has 0 spiro atoms. The fraction of sp³-hybridized carbons (Fsp3) is 0.571. The van der Waals surface area contributed by atoms with E-state index in [9.17, 15) is 8.42 Å². The fourth-order valence-electron chi connectivity index (χ4n) is 2.15. The Morgan fingerprint density at radius 1 is 1.30 bits per heavy atom. The normalized spacial score (nSPS) is 15.3. The molecule has 2 N–H and O–H groups in total. The summed E-state index contributed by atoms with van der Waals surface area (Å²) in [6, 6.07) is 7.37. The van der Waals surface area contributed by atoms with Gasteiger partial charge in [0.2, 0.25) is 10.0 Å². The van der Waals surface area contributed by atoms with E-state index in [1.54, 1.807) is 12.1 Å². The predicted molar refractivity (Wildman–Crippen MR) is 79.4 cm³/mol. The second-order valence-corrected chi connectivity index (χ2v) is 6.81. The highest BCUT2D eigenvalue weighted by atomic mass is 32.2. The van der Waals surface area contributed by atoms with E-state index >= 15 is 0 Å². The van der Waals surface area contributed by atoms with E-state index in [-0.39, 0.29) is 11.5 Å². The van der Waals surface area contributed by atoms with Gasteiger partial charge in [0.1, 0.15) is 0 Å². The molecule has 0 atom stereocenters. The van der Waals surface area contributed by atoms with Crippen LogP contribution in [0.25, 0.3) is 0 Å². The largest absolute Gasteiger partial charge is 0.395 e. The zero-order chi connectivity index (χ0) is 14.6. The molecule has 0 heterocycles. The summed E-state index contributed by atoms with van der Waals surface area (Å²) in [6.07, 6.45) is 3.04. The van der Waals surface area contributed by atoms with Crippen molar-refractivity contribution in [1.29, 1.82) is 0 Å². The van der Waals surface area contributed by atoms with Crippen LogP contribution in [-0.2, 0) is 10.0 Å². The molecule has 5 nitrogen and oxygen atoms in total. The van der Waals surface area contributed by atoms with Gasteiger partial charge in [-0.25, -0.2) is 13.1 Å². The van der Waals surface area contributed by atoms with Gasteiger partial charge in [0, 0.05) is 24.8 Å². The predicted octanol–water partition coefficient (Wildman–Crippen LogP) is 1.34. The summed E-state index contributed by atoms with van der Waals surface area (Å²) in [6.45, 7) is 3.07. The minimum absolute atomic E-state index is 0.106. The summed E-state index contributed by atoms with van der Waals surface area (Å²) >= 11 is 0. The molecular formula is C14H22N2O3S. The summed E-state index contributed by atoms with van der Waals surface area (Å²) in [4.78, 5) is 2.42. The third-order valence-electron chi connectivity index (χ3n) is 3.35. The molecule has 2 rings (SSSR count). The van der Waals surface area contributed by atoms with Crippen LogP contribution in [0.4, 0.5) is 5.69 Å². The van der Waals surface area contributed by atoms with Crippen molar-refractivity contribution in [2.45, 2.75) is 37.1 Å². The monoisotopic (exact) mass is 298 g/mol. The number of rotatable bonds is 8. The molecule has 1 fully saturated rings. The van der Waals surface area contributed by atoms with E-state index in [1.165, 1.54) is 0 Å². The van der Waals surface area contributed by atoms with Gasteiger partial charge in [-0.2, -0.15) is 0 Å². The average Bonchev–Trinajstić information content (AvgIpc) is 3.27. The summed E-state index contributed by atoms with van der Waals surface area (Å²) in [7, 11) is -3.40. The van der Waals surface area contributed by atoms with Crippen LogP contribution in [0.15, 0.2) is 29.2 Å².